The van der Waals surface area contributed by atoms with Gasteiger partial charge in [0.05, 0.1) is 29.9 Å². The predicted molar refractivity (Wildman–Crippen MR) is 151 cm³/mol. The molecule has 4 aromatic rings. The van der Waals surface area contributed by atoms with Crippen LogP contribution in [0.3, 0.4) is 0 Å². The van der Waals surface area contributed by atoms with Crippen molar-refractivity contribution in [3.8, 4) is 17.0 Å². The van der Waals surface area contributed by atoms with Crippen molar-refractivity contribution >= 4 is 33.9 Å². The van der Waals surface area contributed by atoms with E-state index in [1.54, 1.807) is 7.11 Å². The molecule has 3 N–H and O–H groups in total. The average Bonchev–Trinajstić information content (AvgIpc) is 3.66. The number of nitrogen functional groups attached to an aromatic ring is 1. The molecule has 0 spiro atoms. The third-order valence-electron chi connectivity index (χ3n) is 7.74. The normalized spacial score (nSPS) is 15.3. The lowest BCUT2D eigenvalue weighted by Crippen LogP contribution is -2.31. The molecule has 1 saturated heterocycles. The minimum Gasteiger partial charge on any atom is -0.494 e. The molecule has 0 atom stereocenters. The van der Waals surface area contributed by atoms with E-state index in [0.717, 1.165) is 43.1 Å². The highest BCUT2D eigenvalue weighted by atomic mass is 16.5. The van der Waals surface area contributed by atoms with E-state index in [2.05, 4.69) is 56.0 Å². The number of nitrogens with one attached hydrogen (secondary N) is 1. The van der Waals surface area contributed by atoms with E-state index in [4.69, 9.17) is 15.5 Å². The fourth-order valence-corrected chi connectivity index (χ4v) is 5.84. The molecule has 1 fully saturated rings. The number of fused-ring (bicyclic) bond motifs is 3. The highest BCUT2D eigenvalue weighted by Crippen LogP contribution is 2.39. The molecule has 0 aliphatic carbocycles. The predicted octanol–water partition coefficient (Wildman–Crippen LogP) is 4.91. The van der Waals surface area contributed by atoms with E-state index in [0.29, 0.717) is 17.4 Å². The maximum absolute atomic E-state index is 6.52. The first kappa shape index (κ1) is 23.6. The van der Waals surface area contributed by atoms with Gasteiger partial charge in [-0.15, -0.1) is 0 Å². The molecule has 0 amide bonds. The smallest absolute Gasteiger partial charge is 0.227 e. The van der Waals surface area contributed by atoms with Gasteiger partial charge in [-0.1, -0.05) is 18.2 Å². The van der Waals surface area contributed by atoms with Gasteiger partial charge in [0.2, 0.25) is 5.95 Å². The van der Waals surface area contributed by atoms with Crippen LogP contribution in [0.15, 0.2) is 48.7 Å². The highest BCUT2D eigenvalue weighted by molar-refractivity contribution is 5.97. The number of likely N-dealkylation sites (tertiary alicyclic amines) is 1. The number of hydrogen-bond donors (Lipinski definition) is 2. The summed E-state index contributed by atoms with van der Waals surface area (Å²) in [6.45, 7) is 5.40. The van der Waals surface area contributed by atoms with Gasteiger partial charge in [-0.05, 0) is 57.0 Å². The Balaban J connectivity index is 1.27. The summed E-state index contributed by atoms with van der Waals surface area (Å²) in [4.78, 5) is 14.2. The quantitative estimate of drug-likeness (QED) is 0.335. The second kappa shape index (κ2) is 9.94. The van der Waals surface area contributed by atoms with Crippen molar-refractivity contribution in [1.82, 2.24) is 19.4 Å². The molecular weight excluding hydrogens is 462 g/mol. The Morgan fingerprint density at radius 3 is 2.76 bits per heavy atom. The Morgan fingerprint density at radius 1 is 1.08 bits per heavy atom. The lowest BCUT2D eigenvalue weighted by Gasteiger charge is -2.25. The lowest BCUT2D eigenvalue weighted by molar-refractivity contribution is 0.346. The molecule has 2 aromatic carbocycles. The Hall–Kier alpha value is -3.78. The second-order valence-corrected chi connectivity index (χ2v) is 10.1. The van der Waals surface area contributed by atoms with E-state index in [-0.39, 0.29) is 0 Å². The number of aryl methyl sites for hydroxylation is 1. The molecule has 2 aliphatic rings. The molecule has 0 saturated carbocycles. The lowest BCUT2D eigenvalue weighted by atomic mass is 10.1. The minimum atomic E-state index is 0.521. The first-order valence-corrected chi connectivity index (χ1v) is 13.2. The number of likely N-dealkylation sites (N-methyl/N-ethyl adjacent to an activating group) is 1. The Kier molecular flexibility index (Phi) is 6.34. The van der Waals surface area contributed by atoms with Crippen LogP contribution >= 0.6 is 0 Å². The zero-order valence-corrected chi connectivity index (χ0v) is 21.7. The van der Waals surface area contributed by atoms with Gasteiger partial charge in [-0.3, -0.25) is 0 Å². The number of anilines is 4. The summed E-state index contributed by atoms with van der Waals surface area (Å²) in [7, 11) is 3.76. The van der Waals surface area contributed by atoms with Gasteiger partial charge in [0.25, 0.3) is 0 Å². The number of para-hydroxylation sites is 1. The Morgan fingerprint density at radius 2 is 1.92 bits per heavy atom. The third kappa shape index (κ3) is 4.46. The first-order valence-electron chi connectivity index (χ1n) is 13.2. The maximum atomic E-state index is 6.52. The summed E-state index contributed by atoms with van der Waals surface area (Å²) in [5, 5.41) is 4.61. The van der Waals surface area contributed by atoms with Crippen LogP contribution < -0.4 is 20.7 Å². The number of ether oxygens (including phenoxy) is 1. The number of nitrogens with zero attached hydrogens (tertiary/aromatic N) is 5. The maximum Gasteiger partial charge on any atom is 0.227 e. The summed E-state index contributed by atoms with van der Waals surface area (Å²) in [6.07, 6.45) is 6.64. The third-order valence-corrected chi connectivity index (χ3v) is 7.74. The molecular formula is C29H35N7O. The number of methoxy groups -OCH3 is 1. The van der Waals surface area contributed by atoms with Crippen LogP contribution in [0.2, 0.25) is 0 Å². The SMILES string of the molecule is COc1cc(N(C)CCN2CCCC2)c(N)cc1Nc1nccc(-c2c3n(c4ccccc24)CCC3)n1. The van der Waals surface area contributed by atoms with E-state index in [1.807, 2.05) is 24.4 Å². The topological polar surface area (TPSA) is 84.5 Å². The van der Waals surface area contributed by atoms with Crippen LogP contribution in [-0.4, -0.2) is 59.8 Å². The number of nitrogens with two attached hydrogens (primary N) is 1. The van der Waals surface area contributed by atoms with Gasteiger partial charge >= 0.3 is 0 Å². The van der Waals surface area contributed by atoms with Gasteiger partial charge in [-0.2, -0.15) is 0 Å². The zero-order chi connectivity index (χ0) is 25.4. The average molecular weight is 498 g/mol. The Bertz CT molecular complexity index is 1420. The number of hydrogen-bond acceptors (Lipinski definition) is 7. The molecule has 37 heavy (non-hydrogen) atoms. The van der Waals surface area contributed by atoms with Crippen molar-refractivity contribution in [2.24, 2.45) is 0 Å². The molecule has 4 heterocycles. The van der Waals surface area contributed by atoms with Crippen molar-refractivity contribution in [2.45, 2.75) is 32.2 Å². The van der Waals surface area contributed by atoms with Crippen molar-refractivity contribution in [3.05, 3.63) is 54.4 Å². The zero-order valence-electron chi connectivity index (χ0n) is 21.7. The molecule has 0 radical (unpaired) electrons. The van der Waals surface area contributed by atoms with Crippen LogP contribution in [0.25, 0.3) is 22.2 Å². The fraction of sp³-hybridized carbons (Fsp3) is 0.379. The van der Waals surface area contributed by atoms with Gasteiger partial charge < -0.3 is 30.2 Å². The molecule has 2 aliphatic heterocycles. The molecule has 6 rings (SSSR count). The molecule has 192 valence electrons. The van der Waals surface area contributed by atoms with E-state index < -0.39 is 0 Å². The van der Waals surface area contributed by atoms with Crippen LogP contribution in [0, 0.1) is 0 Å². The number of benzene rings is 2. The summed E-state index contributed by atoms with van der Waals surface area (Å²) in [5.74, 6) is 1.23. The molecule has 0 bridgehead atoms. The van der Waals surface area contributed by atoms with Gasteiger partial charge in [0.1, 0.15) is 5.75 Å². The van der Waals surface area contributed by atoms with E-state index in [9.17, 15) is 0 Å². The highest BCUT2D eigenvalue weighted by Gasteiger charge is 2.23. The van der Waals surface area contributed by atoms with Crippen LogP contribution in [-0.2, 0) is 13.0 Å². The largest absolute Gasteiger partial charge is 0.494 e. The van der Waals surface area contributed by atoms with Crippen molar-refractivity contribution < 1.29 is 4.74 Å². The summed E-state index contributed by atoms with van der Waals surface area (Å²) in [5.41, 5.74) is 13.7. The van der Waals surface area contributed by atoms with E-state index >= 15 is 0 Å². The van der Waals surface area contributed by atoms with Crippen molar-refractivity contribution in [1.29, 1.82) is 0 Å². The molecule has 0 unspecified atom stereocenters. The molecule has 2 aromatic heterocycles. The number of aromatic nitrogens is 3. The van der Waals surface area contributed by atoms with Gasteiger partial charge in [0, 0.05) is 61.1 Å². The number of rotatable bonds is 8. The molecule has 8 heteroatoms. The summed E-state index contributed by atoms with van der Waals surface area (Å²) < 4.78 is 8.18. The fourth-order valence-electron chi connectivity index (χ4n) is 5.84. The first-order chi connectivity index (χ1) is 18.1. The standard InChI is InChI=1S/C29H35N7O/c1-34(16-17-35-13-5-6-14-35)26-19-27(37-2)23(18-21(26)30)33-29-31-12-11-22(32-29)28-20-8-3-4-9-24(20)36-15-7-10-25(28)36/h3-4,8-9,11-12,18-19H,5-7,10,13-17,30H2,1-2H3,(H,31,32,33). The minimum absolute atomic E-state index is 0.521. The molecule has 8 nitrogen and oxygen atoms in total. The van der Waals surface area contributed by atoms with Crippen molar-refractivity contribution in [3.63, 3.8) is 0 Å². The van der Waals surface area contributed by atoms with Gasteiger partial charge in [0.15, 0.2) is 0 Å². The van der Waals surface area contributed by atoms with Crippen LogP contribution in [0.5, 0.6) is 5.75 Å². The Labute approximate surface area is 218 Å². The second-order valence-electron chi connectivity index (χ2n) is 10.1. The van der Waals surface area contributed by atoms with Crippen LogP contribution in [0.1, 0.15) is 25.0 Å². The monoisotopic (exact) mass is 497 g/mol. The van der Waals surface area contributed by atoms with Gasteiger partial charge in [-0.25, -0.2) is 9.97 Å². The van der Waals surface area contributed by atoms with E-state index in [1.165, 1.54) is 54.5 Å². The van der Waals surface area contributed by atoms with Crippen molar-refractivity contribution in [2.75, 3.05) is 56.3 Å². The summed E-state index contributed by atoms with van der Waals surface area (Å²) >= 11 is 0. The van der Waals surface area contributed by atoms with Crippen LogP contribution in [0.4, 0.5) is 23.0 Å². The summed E-state index contributed by atoms with van der Waals surface area (Å²) in [6, 6.07) is 14.5.